The number of hydrogen-bond acceptors (Lipinski definition) is 5. The number of pyridine rings is 1. The number of nitrogens with zero attached hydrogens (tertiary/aromatic N) is 2. The van der Waals surface area contributed by atoms with Crippen LogP contribution in [0.3, 0.4) is 0 Å². The molecule has 0 aliphatic heterocycles. The molecule has 3 rings (SSSR count). The van der Waals surface area contributed by atoms with Gasteiger partial charge in [0.25, 0.3) is 5.91 Å². The lowest BCUT2D eigenvalue weighted by Crippen LogP contribution is -2.27. The SMILES string of the molecule is O=C(CCNC(=O)c1cc(-c2ccccc2F)on1)Nc1cccnc1. The first-order valence-electron chi connectivity index (χ1n) is 7.83. The summed E-state index contributed by atoms with van der Waals surface area (Å²) in [5.41, 5.74) is 0.806. The van der Waals surface area contributed by atoms with Crippen molar-refractivity contribution in [1.82, 2.24) is 15.5 Å². The van der Waals surface area contributed by atoms with Crippen LogP contribution in [0.15, 0.2) is 59.4 Å². The van der Waals surface area contributed by atoms with Crippen LogP contribution in [0.4, 0.5) is 10.1 Å². The zero-order valence-electron chi connectivity index (χ0n) is 13.6. The van der Waals surface area contributed by atoms with Crippen molar-refractivity contribution in [2.45, 2.75) is 6.42 Å². The van der Waals surface area contributed by atoms with Crippen molar-refractivity contribution in [3.05, 3.63) is 66.4 Å². The van der Waals surface area contributed by atoms with E-state index in [0.717, 1.165) is 0 Å². The van der Waals surface area contributed by atoms with Gasteiger partial charge in [-0.05, 0) is 24.3 Å². The highest BCUT2D eigenvalue weighted by molar-refractivity contribution is 5.94. The van der Waals surface area contributed by atoms with E-state index in [0.29, 0.717) is 5.69 Å². The van der Waals surface area contributed by atoms with Crippen LogP contribution in [0.25, 0.3) is 11.3 Å². The largest absolute Gasteiger partial charge is 0.355 e. The zero-order chi connectivity index (χ0) is 18.4. The molecule has 0 aliphatic rings. The molecular weight excluding hydrogens is 339 g/mol. The maximum Gasteiger partial charge on any atom is 0.273 e. The molecule has 0 saturated heterocycles. The van der Waals surface area contributed by atoms with Gasteiger partial charge in [0.2, 0.25) is 5.91 Å². The van der Waals surface area contributed by atoms with Gasteiger partial charge in [0.1, 0.15) is 5.82 Å². The number of aromatic nitrogens is 2. The summed E-state index contributed by atoms with van der Waals surface area (Å²) in [5, 5.41) is 8.86. The summed E-state index contributed by atoms with van der Waals surface area (Å²) in [5.74, 6) is -1.08. The summed E-state index contributed by atoms with van der Waals surface area (Å²) in [6.45, 7) is 0.118. The highest BCUT2D eigenvalue weighted by Crippen LogP contribution is 2.23. The van der Waals surface area contributed by atoms with Crippen LogP contribution in [-0.4, -0.2) is 28.5 Å². The second-order valence-electron chi connectivity index (χ2n) is 5.35. The minimum absolute atomic E-state index is 0.0101. The van der Waals surface area contributed by atoms with Gasteiger partial charge < -0.3 is 15.2 Å². The van der Waals surface area contributed by atoms with Crippen LogP contribution in [0, 0.1) is 5.82 Å². The fourth-order valence-corrected chi connectivity index (χ4v) is 2.21. The summed E-state index contributed by atoms with van der Waals surface area (Å²) in [6.07, 6.45) is 3.21. The molecular formula is C18H15FN4O3. The fourth-order valence-electron chi connectivity index (χ4n) is 2.21. The van der Waals surface area contributed by atoms with Gasteiger partial charge in [0, 0.05) is 25.2 Å². The quantitative estimate of drug-likeness (QED) is 0.709. The molecule has 3 aromatic rings. The van der Waals surface area contributed by atoms with Crippen LogP contribution in [0.5, 0.6) is 0 Å². The molecule has 2 amide bonds. The first kappa shape index (κ1) is 17.3. The predicted octanol–water partition coefficient (Wildman–Crippen LogP) is 2.63. The van der Waals surface area contributed by atoms with Crippen molar-refractivity contribution >= 4 is 17.5 Å². The summed E-state index contributed by atoms with van der Waals surface area (Å²) < 4.78 is 18.7. The van der Waals surface area contributed by atoms with Gasteiger partial charge in [-0.15, -0.1) is 0 Å². The number of amides is 2. The molecule has 0 spiro atoms. The molecule has 1 aromatic carbocycles. The minimum atomic E-state index is -0.509. The standard InChI is InChI=1S/C18H15FN4O3/c19-14-6-2-1-5-13(14)16-10-15(23-26-16)18(25)21-9-7-17(24)22-12-4-3-8-20-11-12/h1-6,8,10-11H,7,9H2,(H,21,25)(H,22,24). The first-order chi connectivity index (χ1) is 12.6. The summed E-state index contributed by atoms with van der Waals surface area (Å²) >= 11 is 0. The summed E-state index contributed by atoms with van der Waals surface area (Å²) in [4.78, 5) is 27.7. The van der Waals surface area contributed by atoms with E-state index in [-0.39, 0.29) is 35.9 Å². The monoisotopic (exact) mass is 354 g/mol. The van der Waals surface area contributed by atoms with E-state index < -0.39 is 11.7 Å². The van der Waals surface area contributed by atoms with Gasteiger partial charge >= 0.3 is 0 Å². The molecule has 132 valence electrons. The minimum Gasteiger partial charge on any atom is -0.355 e. The Kier molecular flexibility index (Phi) is 5.33. The van der Waals surface area contributed by atoms with Crippen LogP contribution in [-0.2, 0) is 4.79 Å². The van der Waals surface area contributed by atoms with Gasteiger partial charge in [-0.3, -0.25) is 14.6 Å². The summed E-state index contributed by atoms with van der Waals surface area (Å²) in [7, 11) is 0. The number of halogens is 1. The Balaban J connectivity index is 1.51. The molecule has 2 aromatic heterocycles. The van der Waals surface area contributed by atoms with Crippen LogP contribution in [0.2, 0.25) is 0 Å². The number of nitrogens with one attached hydrogen (secondary N) is 2. The number of anilines is 1. The van der Waals surface area contributed by atoms with Gasteiger partial charge in [-0.25, -0.2) is 4.39 Å². The third-order valence-corrected chi connectivity index (χ3v) is 3.47. The van der Waals surface area contributed by atoms with E-state index in [4.69, 9.17) is 4.52 Å². The Morgan fingerprint density at radius 2 is 2.00 bits per heavy atom. The lowest BCUT2D eigenvalue weighted by Gasteiger charge is -2.05. The second kappa shape index (κ2) is 8.02. The Labute approximate surface area is 148 Å². The van der Waals surface area contributed by atoms with Crippen molar-refractivity contribution in [2.75, 3.05) is 11.9 Å². The zero-order valence-corrected chi connectivity index (χ0v) is 13.6. The molecule has 0 saturated carbocycles. The second-order valence-corrected chi connectivity index (χ2v) is 5.35. The first-order valence-corrected chi connectivity index (χ1v) is 7.83. The molecule has 0 fully saturated rings. The van der Waals surface area contributed by atoms with E-state index in [1.165, 1.54) is 24.4 Å². The molecule has 2 N–H and O–H groups in total. The van der Waals surface area contributed by atoms with Gasteiger partial charge in [0.15, 0.2) is 11.5 Å². The topological polar surface area (TPSA) is 97.1 Å². The normalized spacial score (nSPS) is 10.3. The van der Waals surface area contributed by atoms with E-state index in [2.05, 4.69) is 20.8 Å². The molecule has 0 bridgehead atoms. The van der Waals surface area contributed by atoms with Crippen molar-refractivity contribution in [1.29, 1.82) is 0 Å². The van der Waals surface area contributed by atoms with Crippen molar-refractivity contribution < 1.29 is 18.5 Å². The lowest BCUT2D eigenvalue weighted by molar-refractivity contribution is -0.116. The molecule has 2 heterocycles. The molecule has 26 heavy (non-hydrogen) atoms. The maximum absolute atomic E-state index is 13.7. The van der Waals surface area contributed by atoms with Gasteiger partial charge in [-0.1, -0.05) is 17.3 Å². The number of benzene rings is 1. The van der Waals surface area contributed by atoms with E-state index >= 15 is 0 Å². The van der Waals surface area contributed by atoms with E-state index in [1.54, 1.807) is 30.5 Å². The molecule has 7 nitrogen and oxygen atoms in total. The summed E-state index contributed by atoms with van der Waals surface area (Å²) in [6, 6.07) is 10.8. The number of hydrogen-bond donors (Lipinski definition) is 2. The van der Waals surface area contributed by atoms with Crippen molar-refractivity contribution in [3.8, 4) is 11.3 Å². The number of rotatable bonds is 6. The predicted molar refractivity (Wildman–Crippen MR) is 91.7 cm³/mol. The van der Waals surface area contributed by atoms with Crippen LogP contribution in [0.1, 0.15) is 16.9 Å². The lowest BCUT2D eigenvalue weighted by atomic mass is 10.1. The molecule has 0 radical (unpaired) electrons. The third-order valence-electron chi connectivity index (χ3n) is 3.47. The molecule has 8 heteroatoms. The third kappa shape index (κ3) is 4.29. The Morgan fingerprint density at radius 1 is 1.15 bits per heavy atom. The van der Waals surface area contributed by atoms with Crippen molar-refractivity contribution in [2.24, 2.45) is 0 Å². The average Bonchev–Trinajstić information content (AvgIpc) is 3.13. The average molecular weight is 354 g/mol. The van der Waals surface area contributed by atoms with Crippen LogP contribution >= 0.6 is 0 Å². The molecule has 0 unspecified atom stereocenters. The Bertz CT molecular complexity index is 912. The highest BCUT2D eigenvalue weighted by Gasteiger charge is 2.15. The van der Waals surface area contributed by atoms with Crippen LogP contribution < -0.4 is 10.6 Å². The number of carbonyl (C=O) groups is 2. The molecule has 0 aliphatic carbocycles. The molecule has 0 atom stereocenters. The Morgan fingerprint density at radius 3 is 2.77 bits per heavy atom. The van der Waals surface area contributed by atoms with E-state index in [1.807, 2.05) is 0 Å². The smallest absolute Gasteiger partial charge is 0.273 e. The Hall–Kier alpha value is -3.55. The highest BCUT2D eigenvalue weighted by atomic mass is 19.1. The van der Waals surface area contributed by atoms with Gasteiger partial charge in [0.05, 0.1) is 17.4 Å². The maximum atomic E-state index is 13.7. The van der Waals surface area contributed by atoms with E-state index in [9.17, 15) is 14.0 Å². The van der Waals surface area contributed by atoms with Crippen molar-refractivity contribution in [3.63, 3.8) is 0 Å². The number of carbonyl (C=O) groups excluding carboxylic acids is 2. The van der Waals surface area contributed by atoms with Gasteiger partial charge in [-0.2, -0.15) is 0 Å². The fraction of sp³-hybridized carbons (Fsp3) is 0.111.